The van der Waals surface area contributed by atoms with Gasteiger partial charge in [-0.2, -0.15) is 4.31 Å². The van der Waals surface area contributed by atoms with Gasteiger partial charge in [-0.1, -0.05) is 6.07 Å². The van der Waals surface area contributed by atoms with Gasteiger partial charge in [0.15, 0.2) is 5.52 Å². The minimum atomic E-state index is -3.63. The Bertz CT molecular complexity index is 949. The summed E-state index contributed by atoms with van der Waals surface area (Å²) in [6.45, 7) is 2.06. The summed E-state index contributed by atoms with van der Waals surface area (Å²) >= 11 is 0. The average Bonchev–Trinajstić information content (AvgIpc) is 3.11. The minimum absolute atomic E-state index is 0.138. The van der Waals surface area contributed by atoms with Crippen LogP contribution in [-0.2, 0) is 10.0 Å². The molecule has 0 spiro atoms. The van der Waals surface area contributed by atoms with Gasteiger partial charge in [-0.3, -0.25) is 4.98 Å². The highest BCUT2D eigenvalue weighted by molar-refractivity contribution is 7.89. The molecule has 1 aromatic carbocycles. The number of benzene rings is 1. The number of fused-ring (bicyclic) bond motifs is 1. The Morgan fingerprint density at radius 1 is 0.958 bits per heavy atom. The van der Waals surface area contributed by atoms with Crippen molar-refractivity contribution in [1.82, 2.24) is 19.6 Å². The number of pyridine rings is 1. The molecule has 3 aromatic rings. The van der Waals surface area contributed by atoms with Crippen molar-refractivity contribution in [2.45, 2.75) is 4.90 Å². The largest absolute Gasteiger partial charge is 0.369 e. The second-order valence-electron chi connectivity index (χ2n) is 5.48. The zero-order valence-electron chi connectivity index (χ0n) is 12.7. The van der Waals surface area contributed by atoms with Crippen LogP contribution in [-0.4, -0.2) is 54.2 Å². The lowest BCUT2D eigenvalue weighted by molar-refractivity contribution is 0.315. The van der Waals surface area contributed by atoms with Crippen LogP contribution in [0.3, 0.4) is 0 Å². The summed E-state index contributed by atoms with van der Waals surface area (Å²) in [6.07, 6.45) is 3.47. The van der Waals surface area contributed by atoms with E-state index in [9.17, 15) is 8.42 Å². The van der Waals surface area contributed by atoms with Crippen LogP contribution in [0, 0.1) is 0 Å². The van der Waals surface area contributed by atoms with Crippen molar-refractivity contribution in [3.63, 3.8) is 0 Å². The Kier molecular flexibility index (Phi) is 3.66. The number of aromatic nitrogens is 3. The van der Waals surface area contributed by atoms with E-state index in [4.69, 9.17) is 0 Å². The van der Waals surface area contributed by atoms with Crippen LogP contribution in [0.4, 0.5) is 5.69 Å². The zero-order valence-corrected chi connectivity index (χ0v) is 13.6. The predicted octanol–water partition coefficient (Wildman–Crippen LogP) is 1.13. The maximum absolute atomic E-state index is 12.9. The fourth-order valence-corrected chi connectivity index (χ4v) is 4.43. The summed E-state index contributed by atoms with van der Waals surface area (Å²) in [4.78, 5) is 6.29. The van der Waals surface area contributed by atoms with Gasteiger partial charge in [-0.25, -0.2) is 13.0 Å². The van der Waals surface area contributed by atoms with Crippen LogP contribution in [0.15, 0.2) is 52.3 Å². The van der Waals surface area contributed by atoms with Crippen LogP contribution in [0.2, 0.25) is 0 Å². The summed E-state index contributed by atoms with van der Waals surface area (Å²) in [5.74, 6) is 0. The minimum Gasteiger partial charge on any atom is -0.369 e. The van der Waals surface area contributed by atoms with E-state index >= 15 is 0 Å². The van der Waals surface area contributed by atoms with E-state index < -0.39 is 10.0 Å². The van der Waals surface area contributed by atoms with E-state index in [1.54, 1.807) is 24.5 Å². The highest BCUT2D eigenvalue weighted by atomic mass is 32.2. The van der Waals surface area contributed by atoms with Gasteiger partial charge >= 0.3 is 0 Å². The number of hydrogen-bond acceptors (Lipinski definition) is 7. The molecule has 0 aliphatic carbocycles. The molecular weight excluding hydrogens is 330 g/mol. The molecule has 0 unspecified atom stereocenters. The van der Waals surface area contributed by atoms with E-state index in [1.165, 1.54) is 10.4 Å². The Labute approximate surface area is 138 Å². The first-order valence-electron chi connectivity index (χ1n) is 7.53. The third-order valence-corrected chi connectivity index (χ3v) is 6.06. The Hall–Kier alpha value is -2.52. The van der Waals surface area contributed by atoms with Crippen molar-refractivity contribution >= 4 is 26.7 Å². The molecule has 24 heavy (non-hydrogen) atoms. The highest BCUT2D eigenvalue weighted by Crippen LogP contribution is 2.25. The summed E-state index contributed by atoms with van der Waals surface area (Å²) in [7, 11) is -3.63. The van der Waals surface area contributed by atoms with E-state index in [2.05, 4.69) is 24.8 Å². The molecule has 124 valence electrons. The summed E-state index contributed by atoms with van der Waals surface area (Å²) in [5.41, 5.74) is 1.76. The second kappa shape index (κ2) is 5.84. The molecule has 0 saturated carbocycles. The van der Waals surface area contributed by atoms with Gasteiger partial charge in [0.2, 0.25) is 10.0 Å². The highest BCUT2D eigenvalue weighted by Gasteiger charge is 2.31. The first kappa shape index (κ1) is 15.0. The van der Waals surface area contributed by atoms with E-state index in [-0.39, 0.29) is 10.4 Å². The van der Waals surface area contributed by atoms with Gasteiger partial charge < -0.3 is 4.90 Å². The van der Waals surface area contributed by atoms with Gasteiger partial charge in [0.05, 0.1) is 0 Å². The van der Waals surface area contributed by atoms with Crippen LogP contribution >= 0.6 is 0 Å². The lowest BCUT2D eigenvalue weighted by atomic mass is 10.3. The predicted molar refractivity (Wildman–Crippen MR) is 87.0 cm³/mol. The van der Waals surface area contributed by atoms with Gasteiger partial charge in [0.1, 0.15) is 10.4 Å². The van der Waals surface area contributed by atoms with Crippen molar-refractivity contribution in [3.8, 4) is 0 Å². The summed E-state index contributed by atoms with van der Waals surface area (Å²) in [5, 5.41) is 7.44. The molecule has 4 rings (SSSR count). The number of nitrogens with zero attached hydrogens (tertiary/aromatic N) is 5. The lowest BCUT2D eigenvalue weighted by Crippen LogP contribution is -2.48. The topological polar surface area (TPSA) is 92.4 Å². The van der Waals surface area contributed by atoms with Crippen molar-refractivity contribution < 1.29 is 13.0 Å². The van der Waals surface area contributed by atoms with Crippen molar-refractivity contribution in [2.24, 2.45) is 0 Å². The van der Waals surface area contributed by atoms with Crippen molar-refractivity contribution in [3.05, 3.63) is 42.7 Å². The quantitative estimate of drug-likeness (QED) is 0.702. The summed E-state index contributed by atoms with van der Waals surface area (Å²) in [6, 6.07) is 8.70. The molecule has 1 aliphatic rings. The SMILES string of the molecule is O=S(=O)(c1cccc2nonc12)N1CCN(c2ccncc2)CC1. The molecule has 0 bridgehead atoms. The maximum Gasteiger partial charge on any atom is 0.245 e. The first-order valence-corrected chi connectivity index (χ1v) is 8.97. The molecule has 1 aliphatic heterocycles. The molecule has 1 saturated heterocycles. The van der Waals surface area contributed by atoms with Crippen molar-refractivity contribution in [1.29, 1.82) is 0 Å². The molecule has 9 heteroatoms. The van der Waals surface area contributed by atoms with Crippen LogP contribution in [0.25, 0.3) is 11.0 Å². The Morgan fingerprint density at radius 2 is 1.71 bits per heavy atom. The second-order valence-corrected chi connectivity index (χ2v) is 7.39. The van der Waals surface area contributed by atoms with E-state index in [0.29, 0.717) is 31.7 Å². The molecule has 2 aromatic heterocycles. The molecule has 1 fully saturated rings. The monoisotopic (exact) mass is 345 g/mol. The number of piperazine rings is 1. The third kappa shape index (κ3) is 2.51. The third-order valence-electron chi connectivity index (χ3n) is 4.13. The van der Waals surface area contributed by atoms with Gasteiger partial charge in [0, 0.05) is 44.3 Å². The van der Waals surface area contributed by atoms with E-state index in [1.807, 2.05) is 12.1 Å². The smallest absolute Gasteiger partial charge is 0.245 e. The number of rotatable bonds is 3. The molecule has 8 nitrogen and oxygen atoms in total. The standard InChI is InChI=1S/C15H15N5O3S/c21-24(22,14-3-1-2-13-15(14)18-23-17-13)20-10-8-19(9-11-20)12-4-6-16-7-5-12/h1-7H,8-11H2. The molecule has 3 heterocycles. The van der Waals surface area contributed by atoms with E-state index in [0.717, 1.165) is 5.69 Å². The number of sulfonamides is 1. The van der Waals surface area contributed by atoms with Gasteiger partial charge in [-0.15, -0.1) is 0 Å². The fraction of sp³-hybridized carbons (Fsp3) is 0.267. The van der Waals surface area contributed by atoms with Crippen LogP contribution in [0.5, 0.6) is 0 Å². The maximum atomic E-state index is 12.9. The van der Waals surface area contributed by atoms with Gasteiger partial charge in [0.25, 0.3) is 0 Å². The molecule has 0 atom stereocenters. The summed E-state index contributed by atoms with van der Waals surface area (Å²) < 4.78 is 32.0. The molecule has 0 N–H and O–H groups in total. The van der Waals surface area contributed by atoms with Crippen LogP contribution < -0.4 is 4.90 Å². The van der Waals surface area contributed by atoms with Crippen LogP contribution in [0.1, 0.15) is 0 Å². The zero-order chi connectivity index (χ0) is 16.6. The Balaban J connectivity index is 1.58. The molecule has 0 amide bonds. The number of anilines is 1. The number of hydrogen-bond donors (Lipinski definition) is 0. The Morgan fingerprint density at radius 3 is 2.46 bits per heavy atom. The lowest BCUT2D eigenvalue weighted by Gasteiger charge is -2.35. The fourth-order valence-electron chi connectivity index (χ4n) is 2.87. The molecular formula is C15H15N5O3S. The normalized spacial score (nSPS) is 16.6. The molecule has 0 radical (unpaired) electrons. The van der Waals surface area contributed by atoms with Crippen molar-refractivity contribution in [2.75, 3.05) is 31.1 Å². The first-order chi connectivity index (χ1) is 11.7. The average molecular weight is 345 g/mol. The van der Waals surface area contributed by atoms with Gasteiger partial charge in [-0.05, 0) is 34.6 Å².